The lowest BCUT2D eigenvalue weighted by atomic mass is 10.1. The molecule has 0 saturated carbocycles. The molecule has 26 heavy (non-hydrogen) atoms. The Labute approximate surface area is 153 Å². The zero-order chi connectivity index (χ0) is 19.3. The second kappa shape index (κ2) is 8.36. The summed E-state index contributed by atoms with van der Waals surface area (Å²) < 4.78 is 5.55. The number of carbonyl (C=O) groups is 2. The molecular formula is C20H28N2O4. The van der Waals surface area contributed by atoms with Crippen LogP contribution in [0, 0.1) is 6.92 Å². The molecule has 6 nitrogen and oxygen atoms in total. The number of amides is 1. The van der Waals surface area contributed by atoms with Crippen LogP contribution in [0.5, 0.6) is 0 Å². The maximum absolute atomic E-state index is 12.2. The van der Waals surface area contributed by atoms with Gasteiger partial charge < -0.3 is 20.1 Å². The standard InChI is InChI=1S/C20H28N2O4/c1-13-5-7-16-15(11-13)14(12-21-16)6-8-18(23)22-17(19(24)25)9-10-26-20(2,3)4/h5,7,11-12,17,21H,6,8-10H2,1-4H3,(H,22,23)(H,24,25). The zero-order valence-corrected chi connectivity index (χ0v) is 15.9. The number of aliphatic carboxylic acids is 1. The topological polar surface area (TPSA) is 91.4 Å². The number of aromatic amines is 1. The molecule has 1 aromatic carbocycles. The van der Waals surface area contributed by atoms with E-state index in [1.807, 2.05) is 46.0 Å². The van der Waals surface area contributed by atoms with Crippen molar-refractivity contribution in [3.05, 3.63) is 35.5 Å². The van der Waals surface area contributed by atoms with Crippen molar-refractivity contribution in [3.8, 4) is 0 Å². The number of carboxylic acids is 1. The highest BCUT2D eigenvalue weighted by Gasteiger charge is 2.21. The molecule has 0 saturated heterocycles. The fourth-order valence-electron chi connectivity index (χ4n) is 2.75. The number of benzene rings is 1. The van der Waals surface area contributed by atoms with Crippen LogP contribution in [0.4, 0.5) is 0 Å². The molecule has 2 rings (SSSR count). The van der Waals surface area contributed by atoms with Crippen LogP contribution in [0.3, 0.4) is 0 Å². The molecule has 1 amide bonds. The molecule has 1 heterocycles. The number of ether oxygens (including phenoxy) is 1. The lowest BCUT2D eigenvalue weighted by molar-refractivity contribution is -0.142. The van der Waals surface area contributed by atoms with E-state index in [0.717, 1.165) is 22.0 Å². The first-order chi connectivity index (χ1) is 12.2. The average molecular weight is 360 g/mol. The number of rotatable bonds is 8. The van der Waals surface area contributed by atoms with E-state index in [1.165, 1.54) is 0 Å². The van der Waals surface area contributed by atoms with Crippen molar-refractivity contribution in [3.63, 3.8) is 0 Å². The van der Waals surface area contributed by atoms with E-state index in [4.69, 9.17) is 4.74 Å². The van der Waals surface area contributed by atoms with Crippen LogP contribution in [0.25, 0.3) is 10.9 Å². The number of nitrogens with one attached hydrogen (secondary N) is 2. The number of carboxylic acid groups (broad SMARTS) is 1. The Kier molecular flexibility index (Phi) is 6.42. The van der Waals surface area contributed by atoms with Crippen LogP contribution in [-0.2, 0) is 20.7 Å². The number of H-pyrrole nitrogens is 1. The molecule has 0 fully saturated rings. The first-order valence-corrected chi connectivity index (χ1v) is 8.88. The molecule has 6 heteroatoms. The van der Waals surface area contributed by atoms with Gasteiger partial charge in [-0.2, -0.15) is 0 Å². The third kappa shape index (κ3) is 5.88. The maximum atomic E-state index is 12.2. The zero-order valence-electron chi connectivity index (χ0n) is 15.9. The maximum Gasteiger partial charge on any atom is 0.326 e. The largest absolute Gasteiger partial charge is 0.480 e. The van der Waals surface area contributed by atoms with E-state index in [2.05, 4.69) is 16.4 Å². The molecule has 0 aliphatic rings. The monoisotopic (exact) mass is 360 g/mol. The number of aryl methyl sites for hydroxylation is 2. The molecule has 1 atom stereocenters. The van der Waals surface area contributed by atoms with E-state index >= 15 is 0 Å². The summed E-state index contributed by atoms with van der Waals surface area (Å²) in [5.41, 5.74) is 2.92. The van der Waals surface area contributed by atoms with Crippen molar-refractivity contribution in [2.24, 2.45) is 0 Å². The lowest BCUT2D eigenvalue weighted by Gasteiger charge is -2.21. The molecule has 0 bridgehead atoms. The molecule has 0 aliphatic carbocycles. The molecule has 3 N–H and O–H groups in total. The SMILES string of the molecule is Cc1ccc2[nH]cc(CCC(=O)NC(CCOC(C)(C)C)C(=O)O)c2c1. The van der Waals surface area contributed by atoms with Crippen LogP contribution >= 0.6 is 0 Å². The van der Waals surface area contributed by atoms with Gasteiger partial charge in [0.15, 0.2) is 0 Å². The summed E-state index contributed by atoms with van der Waals surface area (Å²) in [6, 6.07) is 5.20. The Hall–Kier alpha value is -2.34. The molecular weight excluding hydrogens is 332 g/mol. The first-order valence-electron chi connectivity index (χ1n) is 8.88. The van der Waals surface area contributed by atoms with Crippen LogP contribution in [0.1, 0.15) is 44.7 Å². The van der Waals surface area contributed by atoms with Crippen molar-refractivity contribution in [1.82, 2.24) is 10.3 Å². The summed E-state index contributed by atoms with van der Waals surface area (Å²) in [6.07, 6.45) is 2.94. The van der Waals surface area contributed by atoms with Crippen molar-refractivity contribution in [1.29, 1.82) is 0 Å². The van der Waals surface area contributed by atoms with Crippen LogP contribution in [0.15, 0.2) is 24.4 Å². The van der Waals surface area contributed by atoms with Gasteiger partial charge in [-0.05, 0) is 51.8 Å². The highest BCUT2D eigenvalue weighted by Crippen LogP contribution is 2.20. The van der Waals surface area contributed by atoms with Gasteiger partial charge in [0, 0.05) is 36.5 Å². The second-order valence-corrected chi connectivity index (χ2v) is 7.57. The molecule has 0 spiro atoms. The number of hydrogen-bond donors (Lipinski definition) is 3. The van der Waals surface area contributed by atoms with E-state index in [-0.39, 0.29) is 31.0 Å². The summed E-state index contributed by atoms with van der Waals surface area (Å²) in [5.74, 6) is -1.31. The smallest absolute Gasteiger partial charge is 0.326 e. The van der Waals surface area contributed by atoms with Crippen LogP contribution < -0.4 is 5.32 Å². The molecule has 1 unspecified atom stereocenters. The third-order valence-electron chi connectivity index (χ3n) is 4.12. The molecule has 2 aromatic rings. The van der Waals surface area contributed by atoms with Gasteiger partial charge in [0.2, 0.25) is 5.91 Å². The van der Waals surface area contributed by atoms with Gasteiger partial charge in [0.25, 0.3) is 0 Å². The van der Waals surface area contributed by atoms with Crippen LogP contribution in [-0.4, -0.2) is 40.2 Å². The van der Waals surface area contributed by atoms with Crippen molar-refractivity contribution >= 4 is 22.8 Å². The fraction of sp³-hybridized carbons (Fsp3) is 0.500. The number of aromatic nitrogens is 1. The van der Waals surface area contributed by atoms with Gasteiger partial charge in [-0.15, -0.1) is 0 Å². The summed E-state index contributed by atoms with van der Waals surface area (Å²) in [5, 5.41) is 13.0. The fourth-order valence-corrected chi connectivity index (χ4v) is 2.75. The van der Waals surface area contributed by atoms with E-state index < -0.39 is 12.0 Å². The van der Waals surface area contributed by atoms with Gasteiger partial charge in [-0.1, -0.05) is 11.6 Å². The average Bonchev–Trinajstić information content (AvgIpc) is 2.93. The Morgan fingerprint density at radius 1 is 1.31 bits per heavy atom. The van der Waals surface area contributed by atoms with Crippen LogP contribution in [0.2, 0.25) is 0 Å². The predicted molar refractivity (Wildman–Crippen MR) is 101 cm³/mol. The van der Waals surface area contributed by atoms with Crippen molar-refractivity contribution in [2.75, 3.05) is 6.61 Å². The Morgan fingerprint density at radius 3 is 2.69 bits per heavy atom. The summed E-state index contributed by atoms with van der Waals surface area (Å²) in [7, 11) is 0. The minimum Gasteiger partial charge on any atom is -0.480 e. The number of fused-ring (bicyclic) bond motifs is 1. The first kappa shape index (κ1) is 20.0. The van der Waals surface area contributed by atoms with E-state index in [9.17, 15) is 14.7 Å². The number of hydrogen-bond acceptors (Lipinski definition) is 3. The second-order valence-electron chi connectivity index (χ2n) is 7.57. The minimum absolute atomic E-state index is 0.241. The molecule has 142 valence electrons. The Bertz CT molecular complexity index is 774. The predicted octanol–water partition coefficient (Wildman–Crippen LogP) is 3.18. The van der Waals surface area contributed by atoms with Crippen molar-refractivity contribution < 1.29 is 19.4 Å². The molecule has 0 radical (unpaired) electrons. The normalized spacial score (nSPS) is 12.9. The van der Waals surface area contributed by atoms with Crippen molar-refractivity contribution in [2.45, 2.75) is 58.6 Å². The quantitative estimate of drug-likeness (QED) is 0.674. The van der Waals surface area contributed by atoms with E-state index in [1.54, 1.807) is 0 Å². The van der Waals surface area contributed by atoms with Gasteiger partial charge in [0.05, 0.1) is 5.60 Å². The third-order valence-corrected chi connectivity index (χ3v) is 4.12. The Morgan fingerprint density at radius 2 is 2.04 bits per heavy atom. The van der Waals surface area contributed by atoms with Gasteiger partial charge in [-0.25, -0.2) is 4.79 Å². The molecule has 1 aromatic heterocycles. The Balaban J connectivity index is 1.89. The lowest BCUT2D eigenvalue weighted by Crippen LogP contribution is -2.42. The minimum atomic E-state index is -1.04. The van der Waals surface area contributed by atoms with Gasteiger partial charge in [0.1, 0.15) is 6.04 Å². The van der Waals surface area contributed by atoms with E-state index in [0.29, 0.717) is 6.42 Å². The highest BCUT2D eigenvalue weighted by molar-refractivity contribution is 5.86. The molecule has 0 aliphatic heterocycles. The summed E-state index contributed by atoms with van der Waals surface area (Å²) >= 11 is 0. The summed E-state index contributed by atoms with van der Waals surface area (Å²) in [6.45, 7) is 8.03. The summed E-state index contributed by atoms with van der Waals surface area (Å²) in [4.78, 5) is 26.7. The number of carbonyl (C=O) groups excluding carboxylic acids is 1. The highest BCUT2D eigenvalue weighted by atomic mass is 16.5. The van der Waals surface area contributed by atoms with Gasteiger partial charge >= 0.3 is 5.97 Å². The van der Waals surface area contributed by atoms with Gasteiger partial charge in [-0.3, -0.25) is 4.79 Å².